The molecule has 166 valence electrons. The molecule has 0 aromatic heterocycles. The average Bonchev–Trinajstić information content (AvgIpc) is 2.77. The Balaban J connectivity index is 0.00000272. The van der Waals surface area contributed by atoms with Gasteiger partial charge in [0.25, 0.3) is 0 Å². The number of morpholine rings is 1. The van der Waals surface area contributed by atoms with Gasteiger partial charge in [-0.25, -0.2) is 4.99 Å². The van der Waals surface area contributed by atoms with Crippen molar-refractivity contribution in [3.63, 3.8) is 0 Å². The first-order valence-electron chi connectivity index (χ1n) is 9.93. The predicted octanol–water partition coefficient (Wildman–Crippen LogP) is 3.38. The number of aliphatic imine (C=N–C) groups is 2. The molecule has 0 saturated carbocycles. The molecule has 3 N–H and O–H groups in total. The van der Waals surface area contributed by atoms with Gasteiger partial charge in [0.15, 0.2) is 0 Å². The van der Waals surface area contributed by atoms with Gasteiger partial charge in [-0.2, -0.15) is 4.99 Å². The van der Waals surface area contributed by atoms with Gasteiger partial charge in [-0.3, -0.25) is 4.90 Å². The molecule has 8 nitrogen and oxygen atoms in total. The van der Waals surface area contributed by atoms with Crippen LogP contribution in [0.3, 0.4) is 0 Å². The third kappa shape index (κ3) is 5.52. The summed E-state index contributed by atoms with van der Waals surface area (Å²) in [6.07, 6.45) is -0.473. The van der Waals surface area contributed by atoms with Crippen molar-refractivity contribution in [2.24, 2.45) is 15.7 Å². The number of nitrogens with one attached hydrogen (secondary N) is 1. The van der Waals surface area contributed by atoms with E-state index >= 15 is 0 Å². The number of hydrogen-bond acceptors (Lipinski definition) is 8. The Bertz CT molecular complexity index is 914. The third-order valence-corrected chi connectivity index (χ3v) is 5.04. The quantitative estimate of drug-likeness (QED) is 0.704. The maximum Gasteiger partial charge on any atom is 0.222 e. The van der Waals surface area contributed by atoms with Crippen molar-refractivity contribution < 1.29 is 9.47 Å². The van der Waals surface area contributed by atoms with E-state index in [0.717, 1.165) is 36.2 Å². The van der Waals surface area contributed by atoms with Gasteiger partial charge in [-0.05, 0) is 55.5 Å². The number of anilines is 2. The number of nitrogens with two attached hydrogens (primary N) is 1. The van der Waals surface area contributed by atoms with E-state index in [1.54, 1.807) is 0 Å². The summed E-state index contributed by atoms with van der Waals surface area (Å²) >= 11 is 6.03. The maximum atomic E-state index is 6.10. The van der Waals surface area contributed by atoms with Crippen molar-refractivity contribution in [1.29, 1.82) is 0 Å². The Labute approximate surface area is 193 Å². The number of rotatable bonds is 5. The van der Waals surface area contributed by atoms with E-state index < -0.39 is 6.29 Å². The van der Waals surface area contributed by atoms with Crippen LogP contribution in [0.2, 0.25) is 5.02 Å². The molecule has 2 aromatic rings. The number of benzene rings is 2. The summed E-state index contributed by atoms with van der Waals surface area (Å²) in [6, 6.07) is 15.3. The monoisotopic (exact) mass is 464 g/mol. The summed E-state index contributed by atoms with van der Waals surface area (Å²) < 4.78 is 11.1. The second kappa shape index (κ2) is 10.6. The van der Waals surface area contributed by atoms with Crippen LogP contribution >= 0.6 is 24.0 Å². The van der Waals surface area contributed by atoms with Gasteiger partial charge in [-0.1, -0.05) is 11.6 Å². The van der Waals surface area contributed by atoms with Gasteiger partial charge in [0.05, 0.1) is 19.8 Å². The van der Waals surface area contributed by atoms with Crippen LogP contribution in [0.5, 0.6) is 5.75 Å². The Hall–Kier alpha value is -2.68. The van der Waals surface area contributed by atoms with E-state index in [1.807, 2.05) is 60.4 Å². The first-order chi connectivity index (χ1) is 14.6. The average molecular weight is 465 g/mol. The predicted molar refractivity (Wildman–Crippen MR) is 128 cm³/mol. The highest BCUT2D eigenvalue weighted by Gasteiger charge is 2.32. The lowest BCUT2D eigenvalue weighted by atomic mass is 10.2. The van der Waals surface area contributed by atoms with Crippen LogP contribution in [-0.4, -0.2) is 56.0 Å². The molecule has 10 heteroatoms. The summed E-state index contributed by atoms with van der Waals surface area (Å²) in [4.78, 5) is 13.3. The van der Waals surface area contributed by atoms with E-state index in [0.29, 0.717) is 24.8 Å². The molecule has 0 aliphatic carbocycles. The molecule has 0 amide bonds. The zero-order valence-corrected chi connectivity index (χ0v) is 18.8. The summed E-state index contributed by atoms with van der Waals surface area (Å²) in [5.41, 5.74) is 7.90. The van der Waals surface area contributed by atoms with Gasteiger partial charge in [-0.15, -0.1) is 12.4 Å². The molecule has 2 aliphatic rings. The molecule has 1 unspecified atom stereocenters. The second-order valence-corrected chi connectivity index (χ2v) is 7.26. The highest BCUT2D eigenvalue weighted by molar-refractivity contribution is 6.30. The minimum absolute atomic E-state index is 0. The molecule has 0 bridgehead atoms. The van der Waals surface area contributed by atoms with Crippen LogP contribution in [0.4, 0.5) is 11.4 Å². The summed E-state index contributed by atoms with van der Waals surface area (Å²) in [6.45, 7) is 5.32. The van der Waals surface area contributed by atoms with Gasteiger partial charge in [0.2, 0.25) is 18.2 Å². The van der Waals surface area contributed by atoms with Crippen molar-refractivity contribution in [2.75, 3.05) is 43.1 Å². The zero-order chi connectivity index (χ0) is 20.9. The van der Waals surface area contributed by atoms with Crippen LogP contribution in [0.1, 0.15) is 6.92 Å². The Kier molecular flexibility index (Phi) is 7.84. The number of nitrogens with zero attached hydrogens (tertiary/aromatic N) is 4. The Morgan fingerprint density at radius 3 is 2.45 bits per heavy atom. The van der Waals surface area contributed by atoms with E-state index in [4.69, 9.17) is 26.8 Å². The van der Waals surface area contributed by atoms with E-state index in [-0.39, 0.29) is 18.4 Å². The highest BCUT2D eigenvalue weighted by Crippen LogP contribution is 2.27. The summed E-state index contributed by atoms with van der Waals surface area (Å²) in [7, 11) is 0. The standard InChI is InChI=1S/C21H25ClN6O2.ClH/c1-2-30-18-9-7-17(8-10-18)28-20(24-16-5-3-15(22)4-6-16)25-19(23)26-21(28)27-11-13-29-14-12-27;/h3-10,20,24H,2,11-14H2,1H3,(H2,23,25);1H. The molecule has 2 heterocycles. The number of guanidine groups is 2. The second-order valence-electron chi connectivity index (χ2n) is 6.82. The minimum atomic E-state index is -0.473. The molecule has 0 spiro atoms. The van der Waals surface area contributed by atoms with Crippen molar-refractivity contribution >= 4 is 47.3 Å². The molecule has 2 aliphatic heterocycles. The smallest absolute Gasteiger partial charge is 0.222 e. The normalized spacial score (nSPS) is 18.6. The van der Waals surface area contributed by atoms with Gasteiger partial charge in [0, 0.05) is 29.5 Å². The van der Waals surface area contributed by atoms with E-state index in [1.165, 1.54) is 0 Å². The lowest BCUT2D eigenvalue weighted by molar-refractivity contribution is 0.0671. The molecular weight excluding hydrogens is 439 g/mol. The van der Waals surface area contributed by atoms with Crippen molar-refractivity contribution in [3.8, 4) is 5.75 Å². The molecule has 0 radical (unpaired) electrons. The fourth-order valence-corrected chi connectivity index (χ4v) is 3.51. The molecule has 1 saturated heterocycles. The molecule has 2 aromatic carbocycles. The van der Waals surface area contributed by atoms with Gasteiger partial charge in [0.1, 0.15) is 5.75 Å². The van der Waals surface area contributed by atoms with Crippen molar-refractivity contribution in [2.45, 2.75) is 13.2 Å². The zero-order valence-electron chi connectivity index (χ0n) is 17.2. The lowest BCUT2D eigenvalue weighted by Gasteiger charge is -2.41. The lowest BCUT2D eigenvalue weighted by Crippen LogP contribution is -2.57. The number of hydrogen-bond donors (Lipinski definition) is 2. The maximum absolute atomic E-state index is 6.10. The van der Waals surface area contributed by atoms with E-state index in [2.05, 4.69) is 20.2 Å². The molecular formula is C21H26Cl2N6O2. The first-order valence-corrected chi connectivity index (χ1v) is 10.3. The van der Waals surface area contributed by atoms with Crippen LogP contribution in [0.25, 0.3) is 0 Å². The largest absolute Gasteiger partial charge is 0.494 e. The third-order valence-electron chi connectivity index (χ3n) is 4.79. The van der Waals surface area contributed by atoms with Crippen LogP contribution in [0, 0.1) is 0 Å². The van der Waals surface area contributed by atoms with E-state index in [9.17, 15) is 0 Å². The van der Waals surface area contributed by atoms with Crippen LogP contribution < -0.4 is 20.7 Å². The number of halogens is 2. The molecule has 1 fully saturated rings. The Morgan fingerprint density at radius 1 is 1.13 bits per heavy atom. The van der Waals surface area contributed by atoms with Gasteiger partial charge >= 0.3 is 0 Å². The fraction of sp³-hybridized carbons (Fsp3) is 0.333. The molecule has 31 heavy (non-hydrogen) atoms. The topological polar surface area (TPSA) is 87.7 Å². The number of ether oxygens (including phenoxy) is 2. The first kappa shape index (κ1) is 23.0. The summed E-state index contributed by atoms with van der Waals surface area (Å²) in [5, 5.41) is 4.10. The summed E-state index contributed by atoms with van der Waals surface area (Å²) in [5.74, 6) is 1.78. The highest BCUT2D eigenvalue weighted by atomic mass is 35.5. The van der Waals surface area contributed by atoms with Gasteiger partial charge < -0.3 is 25.4 Å². The fourth-order valence-electron chi connectivity index (χ4n) is 3.38. The van der Waals surface area contributed by atoms with Crippen molar-refractivity contribution in [3.05, 3.63) is 53.6 Å². The van der Waals surface area contributed by atoms with Crippen molar-refractivity contribution in [1.82, 2.24) is 4.90 Å². The Morgan fingerprint density at radius 2 is 1.81 bits per heavy atom. The molecule has 4 rings (SSSR count). The van der Waals surface area contributed by atoms with Crippen LogP contribution in [-0.2, 0) is 4.74 Å². The van der Waals surface area contributed by atoms with Crippen LogP contribution in [0.15, 0.2) is 58.5 Å². The molecule has 1 atom stereocenters. The minimum Gasteiger partial charge on any atom is -0.494 e. The SMILES string of the molecule is CCOc1ccc(N2C(N3CCOCC3)=NC(N)=NC2Nc2ccc(Cl)cc2)cc1.Cl.